The molecule has 2 aromatic carbocycles. The second kappa shape index (κ2) is 18.2. The van der Waals surface area contributed by atoms with Crippen molar-refractivity contribution in [2.45, 2.75) is 59.4 Å². The molecule has 1 unspecified atom stereocenters. The number of benzene rings is 2. The number of nitrogens with one attached hydrogen (secondary N) is 2. The van der Waals surface area contributed by atoms with E-state index in [4.69, 9.17) is 23.7 Å². The van der Waals surface area contributed by atoms with Crippen LogP contribution in [0.5, 0.6) is 23.0 Å². The third kappa shape index (κ3) is 10.5. The molecule has 11 heteroatoms. The molecule has 254 valence electrons. The Balaban J connectivity index is 1.92. The van der Waals surface area contributed by atoms with Crippen molar-refractivity contribution in [3.63, 3.8) is 0 Å². The fraction of sp³-hybridized carbons (Fsp3) is 0.571. The van der Waals surface area contributed by atoms with Crippen LogP contribution in [0.1, 0.15) is 57.6 Å². The van der Waals surface area contributed by atoms with Gasteiger partial charge >= 0.3 is 5.97 Å². The number of carbonyl (C=O) groups excluding carboxylic acids is 3. The molecular formula is C35H51N3O8. The van der Waals surface area contributed by atoms with Gasteiger partial charge < -0.3 is 34.3 Å². The van der Waals surface area contributed by atoms with Crippen LogP contribution in [0, 0.1) is 11.3 Å². The lowest BCUT2D eigenvalue weighted by molar-refractivity contribution is -0.156. The minimum Gasteiger partial charge on any atom is -0.496 e. The third-order valence-corrected chi connectivity index (χ3v) is 8.20. The third-order valence-electron chi connectivity index (χ3n) is 8.20. The zero-order valence-electron chi connectivity index (χ0n) is 28.2. The maximum atomic E-state index is 13.6. The summed E-state index contributed by atoms with van der Waals surface area (Å²) in [7, 11) is 4.76. The molecule has 2 bridgehead atoms. The number of hydrogen-bond donors (Lipinski definition) is 2. The molecule has 2 aromatic rings. The largest absolute Gasteiger partial charge is 0.496 e. The highest BCUT2D eigenvalue weighted by atomic mass is 16.5. The van der Waals surface area contributed by atoms with Crippen LogP contribution in [-0.4, -0.2) is 83.4 Å². The second-order valence-electron chi connectivity index (χ2n) is 12.0. The van der Waals surface area contributed by atoms with Gasteiger partial charge in [0.05, 0.1) is 38.9 Å². The summed E-state index contributed by atoms with van der Waals surface area (Å²) in [5.41, 5.74) is 0.739. The second-order valence-corrected chi connectivity index (χ2v) is 12.0. The van der Waals surface area contributed by atoms with Gasteiger partial charge in [-0.25, -0.2) is 0 Å². The molecule has 0 saturated heterocycles. The van der Waals surface area contributed by atoms with E-state index in [1.807, 2.05) is 30.3 Å². The Morgan fingerprint density at radius 3 is 2.35 bits per heavy atom. The van der Waals surface area contributed by atoms with Crippen LogP contribution >= 0.6 is 0 Å². The number of esters is 1. The van der Waals surface area contributed by atoms with Crippen LogP contribution in [-0.2, 0) is 32.1 Å². The first-order valence-corrected chi connectivity index (χ1v) is 16.1. The Morgan fingerprint density at radius 2 is 1.70 bits per heavy atom. The number of ether oxygens (including phenoxy) is 5. The molecule has 2 heterocycles. The maximum Gasteiger partial charge on any atom is 0.314 e. The van der Waals surface area contributed by atoms with Gasteiger partial charge in [-0.3, -0.25) is 19.3 Å². The molecule has 0 aromatic heterocycles. The van der Waals surface area contributed by atoms with Crippen molar-refractivity contribution in [3.8, 4) is 23.0 Å². The molecule has 4 rings (SSSR count). The Labute approximate surface area is 273 Å². The zero-order chi connectivity index (χ0) is 33.5. The average molecular weight is 642 g/mol. The van der Waals surface area contributed by atoms with Gasteiger partial charge in [0.15, 0.2) is 18.1 Å². The Hall–Kier alpha value is -3.99. The fourth-order valence-corrected chi connectivity index (χ4v) is 5.61. The molecule has 2 amide bonds. The van der Waals surface area contributed by atoms with Gasteiger partial charge in [0.1, 0.15) is 11.5 Å². The Morgan fingerprint density at radius 1 is 0.978 bits per heavy atom. The summed E-state index contributed by atoms with van der Waals surface area (Å²) in [4.78, 5) is 41.8. The number of fused-ring (bicyclic) bond motifs is 16. The van der Waals surface area contributed by atoms with E-state index >= 15 is 0 Å². The van der Waals surface area contributed by atoms with Crippen LogP contribution in [0.25, 0.3) is 0 Å². The molecule has 1 atom stereocenters. The first-order valence-electron chi connectivity index (χ1n) is 16.1. The summed E-state index contributed by atoms with van der Waals surface area (Å²) < 4.78 is 28.2. The highest BCUT2D eigenvalue weighted by molar-refractivity contribution is 5.80. The molecule has 2 N–H and O–H groups in total. The Bertz CT molecular complexity index is 1280. The molecule has 46 heavy (non-hydrogen) atoms. The van der Waals surface area contributed by atoms with Crippen LogP contribution in [0.4, 0.5) is 0 Å². The monoisotopic (exact) mass is 641 g/mol. The lowest BCUT2D eigenvalue weighted by atomic mass is 9.76. The van der Waals surface area contributed by atoms with E-state index in [1.54, 1.807) is 27.2 Å². The molecule has 0 fully saturated rings. The van der Waals surface area contributed by atoms with E-state index in [2.05, 4.69) is 29.4 Å². The van der Waals surface area contributed by atoms with Gasteiger partial charge in [-0.1, -0.05) is 26.0 Å². The van der Waals surface area contributed by atoms with Crippen molar-refractivity contribution in [1.29, 1.82) is 0 Å². The van der Waals surface area contributed by atoms with Crippen LogP contribution in [0.2, 0.25) is 0 Å². The number of carbonyl (C=O) groups is 3. The molecule has 0 spiro atoms. The number of amides is 2. The number of rotatable bonds is 10. The van der Waals surface area contributed by atoms with Crippen molar-refractivity contribution in [2.75, 3.05) is 60.7 Å². The standard InChI is InChI=1S/C35H51N3O8/c1-7-45-34(41)35(16-15-25(2)3)21-26-13-14-30(31(20-26)44-6)46-23-33(40)36-17-19-38(18-9-12-32(39)37-24-35)22-27-28(42-4)10-8-11-29(27)43-5/h8,10-11,13-14,20,25H,7,9,12,15-19,21-24H2,1-6H3,(H,36,40)(H,37,39). The van der Waals surface area contributed by atoms with Gasteiger partial charge in [-0.05, 0) is 74.9 Å². The lowest BCUT2D eigenvalue weighted by Gasteiger charge is -2.33. The molecule has 2 aliphatic heterocycles. The van der Waals surface area contributed by atoms with Gasteiger partial charge in [-0.15, -0.1) is 0 Å². The highest BCUT2D eigenvalue weighted by Gasteiger charge is 2.40. The van der Waals surface area contributed by atoms with Crippen LogP contribution in [0.3, 0.4) is 0 Å². The molecule has 0 radical (unpaired) electrons. The van der Waals surface area contributed by atoms with Gasteiger partial charge in [0.2, 0.25) is 5.91 Å². The van der Waals surface area contributed by atoms with E-state index < -0.39 is 5.41 Å². The molecule has 0 saturated carbocycles. The highest BCUT2D eigenvalue weighted by Crippen LogP contribution is 2.36. The fourth-order valence-electron chi connectivity index (χ4n) is 5.61. The summed E-state index contributed by atoms with van der Waals surface area (Å²) in [6, 6.07) is 11.0. The molecule has 11 nitrogen and oxygen atoms in total. The smallest absolute Gasteiger partial charge is 0.314 e. The first kappa shape index (κ1) is 36.5. The number of hydrogen-bond acceptors (Lipinski definition) is 9. The quantitative estimate of drug-likeness (QED) is 0.291. The summed E-state index contributed by atoms with van der Waals surface area (Å²) in [5, 5.41) is 5.99. The van der Waals surface area contributed by atoms with E-state index in [9.17, 15) is 14.4 Å². The molecular weight excluding hydrogens is 590 g/mol. The van der Waals surface area contributed by atoms with Crippen LogP contribution < -0.4 is 29.6 Å². The van der Waals surface area contributed by atoms with Crippen molar-refractivity contribution < 1.29 is 38.1 Å². The topological polar surface area (TPSA) is 125 Å². The van der Waals surface area contributed by atoms with E-state index in [0.717, 1.165) is 17.5 Å². The summed E-state index contributed by atoms with van der Waals surface area (Å²) in [6.45, 7) is 8.18. The van der Waals surface area contributed by atoms with E-state index in [0.29, 0.717) is 74.4 Å². The summed E-state index contributed by atoms with van der Waals surface area (Å²) in [5.74, 6) is 1.86. The van der Waals surface area contributed by atoms with Crippen LogP contribution in [0.15, 0.2) is 36.4 Å². The minimum atomic E-state index is -0.974. The molecule has 0 aliphatic carbocycles. The van der Waals surface area contributed by atoms with E-state index in [1.165, 1.54) is 7.11 Å². The minimum absolute atomic E-state index is 0.138. The van der Waals surface area contributed by atoms with Gasteiger partial charge in [0, 0.05) is 32.6 Å². The SMILES string of the molecule is CCOC(=O)C1(CCC(C)C)CNC(=O)CCCN(Cc2c(OC)cccc2OC)CCNC(=O)COc2ccc(cc2OC)C1. The summed E-state index contributed by atoms with van der Waals surface area (Å²) in [6.07, 6.45) is 2.50. The van der Waals surface area contributed by atoms with Crippen molar-refractivity contribution in [3.05, 3.63) is 47.5 Å². The zero-order valence-corrected chi connectivity index (χ0v) is 28.2. The van der Waals surface area contributed by atoms with E-state index in [-0.39, 0.29) is 44.0 Å². The maximum absolute atomic E-state index is 13.6. The Kier molecular flexibility index (Phi) is 14.5. The predicted octanol–water partition coefficient (Wildman–Crippen LogP) is 4.15. The average Bonchev–Trinajstić information content (AvgIpc) is 3.04. The van der Waals surface area contributed by atoms with Gasteiger partial charge in [0.25, 0.3) is 5.91 Å². The predicted molar refractivity (Wildman–Crippen MR) is 175 cm³/mol. The number of nitrogens with zero attached hydrogens (tertiary/aromatic N) is 1. The van der Waals surface area contributed by atoms with Gasteiger partial charge in [-0.2, -0.15) is 0 Å². The van der Waals surface area contributed by atoms with Crippen molar-refractivity contribution in [2.24, 2.45) is 11.3 Å². The first-order chi connectivity index (χ1) is 22.1. The molecule has 2 aliphatic rings. The lowest BCUT2D eigenvalue weighted by Crippen LogP contribution is -2.46. The van der Waals surface area contributed by atoms with Crippen molar-refractivity contribution in [1.82, 2.24) is 15.5 Å². The number of methoxy groups -OCH3 is 3. The van der Waals surface area contributed by atoms with Crippen molar-refractivity contribution >= 4 is 17.8 Å². The summed E-state index contributed by atoms with van der Waals surface area (Å²) >= 11 is 0. The normalized spacial score (nSPS) is 18.8.